The number of nitrogens with one attached hydrogen (secondary N) is 2. The highest BCUT2D eigenvalue weighted by molar-refractivity contribution is 6.42. The van der Waals surface area contributed by atoms with Crippen molar-refractivity contribution < 1.29 is 30.1 Å². The van der Waals surface area contributed by atoms with Crippen LogP contribution in [0.4, 0.5) is 0 Å². The van der Waals surface area contributed by atoms with Crippen LogP contribution in [0.25, 0.3) is 0 Å². The molecule has 2 rings (SSSR count). The summed E-state index contributed by atoms with van der Waals surface area (Å²) >= 11 is 12.0. The molecule has 0 aromatic heterocycles. The molecule has 8 nitrogen and oxygen atoms in total. The van der Waals surface area contributed by atoms with Gasteiger partial charge in [-0.15, -0.1) is 0 Å². The van der Waals surface area contributed by atoms with E-state index in [4.69, 9.17) is 34.1 Å². The number of hydrogen-bond acceptors (Lipinski definition) is 6. The fourth-order valence-electron chi connectivity index (χ4n) is 3.57. The molecule has 2 N–H and O–H groups in total. The van der Waals surface area contributed by atoms with E-state index in [1.165, 1.54) is 0 Å². The Morgan fingerprint density at radius 1 is 1.12 bits per heavy atom. The monoisotopic (exact) mass is 515 g/mol. The van der Waals surface area contributed by atoms with E-state index in [9.17, 15) is 19.2 Å². The molecule has 1 aromatic carbocycles. The molecular formula is C24H32Cl2N2O6. The first-order chi connectivity index (χ1) is 16.5. The third-order valence-corrected chi connectivity index (χ3v) is 6.21. The minimum Gasteiger partial charge on any atom is -0.466 e. The van der Waals surface area contributed by atoms with Crippen molar-refractivity contribution in [2.45, 2.75) is 65.0 Å². The average molecular weight is 516 g/mol. The number of carbonyl (C=O) groups excluding carboxylic acids is 4. The average Bonchev–Trinajstić information content (AvgIpc) is 3.59. The molecule has 0 radical (unpaired) electrons. The summed E-state index contributed by atoms with van der Waals surface area (Å²) in [6.45, 7) is 7.01. The zero-order chi connectivity index (χ0) is 26.3. The van der Waals surface area contributed by atoms with E-state index in [1.54, 1.807) is 45.9 Å². The van der Waals surface area contributed by atoms with Gasteiger partial charge in [0.25, 0.3) is 0 Å². The van der Waals surface area contributed by atoms with E-state index >= 15 is 0 Å². The van der Waals surface area contributed by atoms with Crippen LogP contribution in [0.3, 0.4) is 0 Å². The molecule has 0 bridgehead atoms. The van der Waals surface area contributed by atoms with E-state index in [0.717, 1.165) is 5.56 Å². The second-order valence-electron chi connectivity index (χ2n) is 8.44. The first-order valence-corrected chi connectivity index (χ1v) is 12.2. The lowest BCUT2D eigenvalue weighted by molar-refractivity contribution is -0.149. The predicted molar refractivity (Wildman–Crippen MR) is 129 cm³/mol. The van der Waals surface area contributed by atoms with Crippen LogP contribution in [0.5, 0.6) is 0 Å². The van der Waals surface area contributed by atoms with Crippen molar-refractivity contribution in [1.29, 1.82) is 0 Å². The summed E-state index contributed by atoms with van der Waals surface area (Å²) in [6.07, 6.45) is 0.409. The van der Waals surface area contributed by atoms with Gasteiger partial charge < -0.3 is 20.1 Å². The van der Waals surface area contributed by atoms with Crippen molar-refractivity contribution in [3.63, 3.8) is 0 Å². The Morgan fingerprint density at radius 3 is 2.38 bits per heavy atom. The highest BCUT2D eigenvalue weighted by Crippen LogP contribution is 2.48. The Hall–Kier alpha value is -2.32. The van der Waals surface area contributed by atoms with Crippen LogP contribution in [0.1, 0.15) is 58.4 Å². The summed E-state index contributed by atoms with van der Waals surface area (Å²) in [5.41, 5.74) is 0.845. The molecule has 188 valence electrons. The van der Waals surface area contributed by atoms with Gasteiger partial charge in [0, 0.05) is 12.3 Å². The molecule has 10 heteroatoms. The van der Waals surface area contributed by atoms with Gasteiger partial charge in [-0.1, -0.05) is 43.1 Å². The summed E-state index contributed by atoms with van der Waals surface area (Å²) < 4.78 is 18.3. The van der Waals surface area contributed by atoms with Crippen molar-refractivity contribution in [3.8, 4) is 0 Å². The highest BCUT2D eigenvalue weighted by atomic mass is 35.5. The van der Waals surface area contributed by atoms with Gasteiger partial charge >= 0.3 is 11.9 Å². The van der Waals surface area contributed by atoms with Crippen LogP contribution in [-0.4, -0.2) is 49.1 Å². The van der Waals surface area contributed by atoms with Gasteiger partial charge in [0.1, 0.15) is 12.1 Å². The highest BCUT2D eigenvalue weighted by Gasteiger charge is 2.45. The number of halogens is 2. The Kier molecular flexibility index (Phi) is 10.0. The molecule has 1 aliphatic carbocycles. The molecule has 1 aliphatic rings. The third kappa shape index (κ3) is 7.87. The molecular weight excluding hydrogens is 483 g/mol. The van der Waals surface area contributed by atoms with Gasteiger partial charge in [-0.05, 0) is 56.2 Å². The maximum absolute atomic E-state index is 13.1. The number of carbonyl (C=O) groups is 4. The summed E-state index contributed by atoms with van der Waals surface area (Å²) in [7, 11) is 0. The van der Waals surface area contributed by atoms with E-state index in [-0.39, 0.29) is 32.0 Å². The molecule has 34 heavy (non-hydrogen) atoms. The number of ether oxygens (including phenoxy) is 2. The Morgan fingerprint density at radius 2 is 1.79 bits per heavy atom. The minimum atomic E-state index is -1.14. The van der Waals surface area contributed by atoms with Crippen LogP contribution in [0, 0.1) is 11.8 Å². The van der Waals surface area contributed by atoms with E-state index in [1.807, 2.05) is 0 Å². The zero-order valence-corrected chi connectivity index (χ0v) is 21.3. The van der Waals surface area contributed by atoms with Crippen LogP contribution < -0.4 is 10.6 Å². The molecule has 0 spiro atoms. The summed E-state index contributed by atoms with van der Waals surface area (Å²) in [5, 5.41) is 4.06. The SMILES string of the molecule is [2H]N(C(=O)[C@@H]1C[C@H]1c1ccc(Cl)c(Cl)c1)[C@H](C(=O)N[C@@H](CCC(=O)OCC)C(=O)OCC)C(C)C. The number of hydrogen-bond donors (Lipinski definition) is 2. The lowest BCUT2D eigenvalue weighted by Crippen LogP contribution is -2.54. The maximum atomic E-state index is 13.1. The lowest BCUT2D eigenvalue weighted by atomic mass is 10.0. The summed E-state index contributed by atoms with van der Waals surface area (Å²) in [5.74, 6) is -3.34. The molecule has 0 heterocycles. The second kappa shape index (κ2) is 13.0. The standard InChI is InChI=1S/C24H32Cl2N2O6/c1-5-33-20(29)10-9-19(24(32)34-6-2)27-23(31)21(13(3)4)28-22(30)16-12-15(16)14-7-8-17(25)18(26)11-14/h7-8,11,13,15-16,19,21H,5-6,9-10,12H2,1-4H3,(H,27,31)(H,28,30)/t15-,16+,19-,21-/m0/s1/i/hD. The predicted octanol–water partition coefficient (Wildman–Crippen LogP) is 3.63. The Bertz CT molecular complexity index is 945. The van der Waals surface area contributed by atoms with Gasteiger partial charge in [0.05, 0.1) is 23.3 Å². The molecule has 0 unspecified atom stereocenters. The lowest BCUT2D eigenvalue weighted by Gasteiger charge is -2.25. The molecule has 1 aromatic rings. The van der Waals surface area contributed by atoms with Gasteiger partial charge in [0.15, 0.2) is 1.41 Å². The normalized spacial score (nSPS) is 19.0. The molecule has 0 saturated heterocycles. The van der Waals surface area contributed by atoms with Crippen LogP contribution in [0.15, 0.2) is 18.2 Å². The maximum Gasteiger partial charge on any atom is 0.328 e. The Labute approximate surface area is 211 Å². The van der Waals surface area contributed by atoms with Crippen LogP contribution in [-0.2, 0) is 28.7 Å². The summed E-state index contributed by atoms with van der Waals surface area (Å²) in [4.78, 5) is 50.3. The summed E-state index contributed by atoms with van der Waals surface area (Å²) in [6, 6.07) is 2.91. The molecule has 1 saturated carbocycles. The van der Waals surface area contributed by atoms with Crippen molar-refractivity contribution >= 4 is 47.0 Å². The second-order valence-corrected chi connectivity index (χ2v) is 9.25. The zero-order valence-electron chi connectivity index (χ0n) is 20.8. The minimum absolute atomic E-state index is 0.0256. The van der Waals surface area contributed by atoms with Crippen molar-refractivity contribution in [1.82, 2.24) is 10.6 Å². The first-order valence-electron chi connectivity index (χ1n) is 11.9. The first kappa shape index (κ1) is 26.3. The van der Waals surface area contributed by atoms with Gasteiger partial charge in [-0.25, -0.2) is 4.79 Å². The van der Waals surface area contributed by atoms with Crippen LogP contribution in [0.2, 0.25) is 11.5 Å². The van der Waals surface area contributed by atoms with Crippen molar-refractivity contribution in [2.75, 3.05) is 13.2 Å². The van der Waals surface area contributed by atoms with Gasteiger partial charge in [-0.3, -0.25) is 14.4 Å². The molecule has 1 fully saturated rings. The Balaban J connectivity index is 2.09. The molecule has 0 aliphatic heterocycles. The number of rotatable bonds is 12. The fourth-order valence-corrected chi connectivity index (χ4v) is 3.87. The van der Waals surface area contributed by atoms with Crippen molar-refractivity contribution in [3.05, 3.63) is 33.8 Å². The molecule has 4 atom stereocenters. The van der Waals surface area contributed by atoms with E-state index < -0.39 is 47.7 Å². The smallest absolute Gasteiger partial charge is 0.328 e. The van der Waals surface area contributed by atoms with Crippen molar-refractivity contribution in [2.24, 2.45) is 11.8 Å². The van der Waals surface area contributed by atoms with E-state index in [0.29, 0.717) is 21.8 Å². The third-order valence-electron chi connectivity index (χ3n) is 5.48. The van der Waals surface area contributed by atoms with Gasteiger partial charge in [-0.2, -0.15) is 0 Å². The quantitative estimate of drug-likeness (QED) is 0.411. The fraction of sp³-hybridized carbons (Fsp3) is 0.583. The largest absolute Gasteiger partial charge is 0.466 e. The molecule has 2 amide bonds. The van der Waals surface area contributed by atoms with E-state index in [2.05, 4.69) is 5.32 Å². The van der Waals surface area contributed by atoms with Crippen LogP contribution >= 0.6 is 23.2 Å². The topological polar surface area (TPSA) is 111 Å². The number of esters is 2. The number of amides is 2. The van der Waals surface area contributed by atoms with Gasteiger partial charge in [0.2, 0.25) is 11.8 Å². The number of benzene rings is 1.